The third-order valence-electron chi connectivity index (χ3n) is 3.11. The molecule has 2 heterocycles. The van der Waals surface area contributed by atoms with Crippen molar-refractivity contribution in [3.8, 4) is 0 Å². The second-order valence-corrected chi connectivity index (χ2v) is 6.53. The summed E-state index contributed by atoms with van der Waals surface area (Å²) in [5, 5.41) is 2.66. The van der Waals surface area contributed by atoms with E-state index in [2.05, 4.69) is 6.07 Å². The smallest absolute Gasteiger partial charge is 0.273 e. The minimum atomic E-state index is -0.188. The fourth-order valence-electron chi connectivity index (χ4n) is 2.11. The first-order valence-electron chi connectivity index (χ1n) is 6.42. The van der Waals surface area contributed by atoms with E-state index in [0.29, 0.717) is 11.8 Å². The van der Waals surface area contributed by atoms with E-state index in [1.807, 2.05) is 29.6 Å². The first-order chi connectivity index (χ1) is 9.75. The van der Waals surface area contributed by atoms with E-state index in [0.717, 1.165) is 17.5 Å². The number of carbonyl (C=O) groups is 1. The second-order valence-electron chi connectivity index (χ2n) is 4.51. The van der Waals surface area contributed by atoms with Crippen LogP contribution in [-0.2, 0) is 6.42 Å². The molecule has 0 bridgehead atoms. The summed E-state index contributed by atoms with van der Waals surface area (Å²) >= 11 is 2.94. The number of rotatable bonds is 4. The number of aromatic nitrogens is 1. The molecule has 2 aromatic heterocycles. The lowest BCUT2D eigenvalue weighted by atomic mass is 10.2. The summed E-state index contributed by atoms with van der Waals surface area (Å²) in [5.74, 6) is -0.104. The van der Waals surface area contributed by atoms with Crippen LogP contribution in [0, 0.1) is 0 Å². The molecule has 0 aliphatic rings. The highest BCUT2D eigenvalue weighted by Gasteiger charge is 2.13. The van der Waals surface area contributed by atoms with Gasteiger partial charge in [0.15, 0.2) is 0 Å². The number of nitrogens with zero attached hydrogens (tertiary/aromatic N) is 1. The van der Waals surface area contributed by atoms with E-state index in [1.54, 1.807) is 17.4 Å². The average Bonchev–Trinajstić information content (AvgIpc) is 3.08. The van der Waals surface area contributed by atoms with E-state index >= 15 is 0 Å². The minimum absolute atomic E-state index is 0.104. The summed E-state index contributed by atoms with van der Waals surface area (Å²) in [7, 11) is 0. The molecule has 0 spiro atoms. The largest absolute Gasteiger partial charge is 0.275 e. The van der Waals surface area contributed by atoms with Crippen molar-refractivity contribution in [1.29, 1.82) is 0 Å². The Morgan fingerprint density at radius 3 is 2.75 bits per heavy atom. The lowest BCUT2D eigenvalue weighted by Gasteiger charge is -1.99. The second kappa shape index (κ2) is 5.73. The van der Waals surface area contributed by atoms with Crippen LogP contribution < -0.4 is 5.56 Å². The van der Waals surface area contributed by atoms with Gasteiger partial charge in [0.1, 0.15) is 0 Å². The molecule has 3 aromatic rings. The molecule has 0 unspecified atom stereocenters. The van der Waals surface area contributed by atoms with Gasteiger partial charge in [-0.1, -0.05) is 18.2 Å². The number of benzene rings is 1. The molecule has 20 heavy (non-hydrogen) atoms. The fourth-order valence-corrected chi connectivity index (χ4v) is 3.82. The molecular formula is C15H13NO2S2. The molecule has 0 saturated heterocycles. The van der Waals surface area contributed by atoms with Crippen molar-refractivity contribution >= 4 is 38.9 Å². The molecule has 0 saturated carbocycles. The van der Waals surface area contributed by atoms with Crippen LogP contribution in [0.1, 0.15) is 22.5 Å². The minimum Gasteiger partial charge on any atom is -0.273 e. The zero-order chi connectivity index (χ0) is 13.9. The summed E-state index contributed by atoms with van der Waals surface area (Å²) in [6.45, 7) is 0. The molecule has 5 heteroatoms. The lowest BCUT2D eigenvalue weighted by molar-refractivity contribution is 0.0910. The van der Waals surface area contributed by atoms with Gasteiger partial charge < -0.3 is 0 Å². The number of aryl methyl sites for hydroxylation is 1. The van der Waals surface area contributed by atoms with Crippen LogP contribution >= 0.6 is 22.9 Å². The topological polar surface area (TPSA) is 39.1 Å². The van der Waals surface area contributed by atoms with Crippen molar-refractivity contribution in [2.75, 3.05) is 0 Å². The van der Waals surface area contributed by atoms with Crippen molar-refractivity contribution in [1.82, 2.24) is 3.96 Å². The third-order valence-corrected chi connectivity index (χ3v) is 5.15. The molecular weight excluding hydrogens is 290 g/mol. The van der Waals surface area contributed by atoms with Crippen molar-refractivity contribution in [3.05, 3.63) is 57.0 Å². The molecule has 3 rings (SSSR count). The quantitative estimate of drug-likeness (QED) is 0.735. The number of fused-ring (bicyclic) bond motifs is 1. The normalized spacial score (nSPS) is 11.0. The van der Waals surface area contributed by atoms with Crippen LogP contribution in [0.5, 0.6) is 0 Å². The maximum Gasteiger partial charge on any atom is 0.275 e. The monoisotopic (exact) mass is 303 g/mol. The first kappa shape index (κ1) is 13.3. The Morgan fingerprint density at radius 2 is 2.00 bits per heavy atom. The Bertz CT molecular complexity index is 784. The van der Waals surface area contributed by atoms with Crippen molar-refractivity contribution < 1.29 is 4.79 Å². The van der Waals surface area contributed by atoms with Gasteiger partial charge in [0.2, 0.25) is 5.91 Å². The highest BCUT2D eigenvalue weighted by molar-refractivity contribution is 7.14. The fraction of sp³-hybridized carbons (Fsp3) is 0.200. The Morgan fingerprint density at radius 1 is 1.15 bits per heavy atom. The molecule has 0 radical (unpaired) electrons. The molecule has 0 amide bonds. The number of hydrogen-bond donors (Lipinski definition) is 0. The highest BCUT2D eigenvalue weighted by atomic mass is 32.1. The molecule has 0 aliphatic carbocycles. The van der Waals surface area contributed by atoms with Crippen molar-refractivity contribution in [2.45, 2.75) is 19.3 Å². The number of carbonyl (C=O) groups excluding carboxylic acids is 1. The summed E-state index contributed by atoms with van der Waals surface area (Å²) < 4.78 is 2.16. The van der Waals surface area contributed by atoms with Gasteiger partial charge in [0, 0.05) is 11.3 Å². The molecule has 1 aromatic carbocycles. The van der Waals surface area contributed by atoms with Crippen molar-refractivity contribution in [2.24, 2.45) is 0 Å². The lowest BCUT2D eigenvalue weighted by Crippen LogP contribution is -2.20. The Kier molecular flexibility index (Phi) is 3.80. The van der Waals surface area contributed by atoms with Gasteiger partial charge in [-0.2, -0.15) is 3.96 Å². The summed E-state index contributed by atoms with van der Waals surface area (Å²) in [4.78, 5) is 25.5. The van der Waals surface area contributed by atoms with E-state index in [-0.39, 0.29) is 11.5 Å². The van der Waals surface area contributed by atoms with Gasteiger partial charge in [-0.15, -0.1) is 11.3 Å². The molecule has 0 aliphatic heterocycles. The molecule has 0 N–H and O–H groups in total. The summed E-state index contributed by atoms with van der Waals surface area (Å²) in [6.07, 6.45) is 2.08. The summed E-state index contributed by atoms with van der Waals surface area (Å²) in [5.41, 5.74) is -0.188. The van der Waals surface area contributed by atoms with E-state index in [1.165, 1.54) is 20.4 Å². The first-order valence-corrected chi connectivity index (χ1v) is 8.07. The SMILES string of the molecule is O=C(CCCc1cccs1)n1sc2ccccc2c1=O. The van der Waals surface area contributed by atoms with Gasteiger partial charge in [-0.05, 0) is 48.0 Å². The predicted octanol–water partition coefficient (Wildman–Crippen LogP) is 3.79. The van der Waals surface area contributed by atoms with Crippen LogP contribution in [0.4, 0.5) is 0 Å². The maximum absolute atomic E-state index is 12.1. The standard InChI is InChI=1S/C15H13NO2S2/c17-14(9-3-5-11-6-4-10-19-11)16-15(18)12-7-1-2-8-13(12)20-16/h1-2,4,6-8,10H,3,5,9H2. The van der Waals surface area contributed by atoms with Gasteiger partial charge >= 0.3 is 0 Å². The van der Waals surface area contributed by atoms with Gasteiger partial charge in [-0.25, -0.2) is 0 Å². The molecule has 0 fully saturated rings. The van der Waals surface area contributed by atoms with Crippen LogP contribution in [-0.4, -0.2) is 9.86 Å². The van der Waals surface area contributed by atoms with E-state index in [4.69, 9.17) is 0 Å². The van der Waals surface area contributed by atoms with E-state index < -0.39 is 0 Å². The van der Waals surface area contributed by atoms with Gasteiger partial charge in [-0.3, -0.25) is 9.59 Å². The van der Waals surface area contributed by atoms with Crippen LogP contribution in [0.2, 0.25) is 0 Å². The van der Waals surface area contributed by atoms with Crippen LogP contribution in [0.25, 0.3) is 10.1 Å². The maximum atomic E-state index is 12.1. The Labute approximate surface area is 124 Å². The average molecular weight is 303 g/mol. The molecule has 3 nitrogen and oxygen atoms in total. The Hall–Kier alpha value is -1.72. The van der Waals surface area contributed by atoms with Crippen LogP contribution in [0.3, 0.4) is 0 Å². The number of hydrogen-bond acceptors (Lipinski definition) is 4. The zero-order valence-corrected chi connectivity index (χ0v) is 12.4. The molecule has 102 valence electrons. The highest BCUT2D eigenvalue weighted by Crippen LogP contribution is 2.17. The Balaban J connectivity index is 1.72. The van der Waals surface area contributed by atoms with Gasteiger partial charge in [0.05, 0.1) is 10.1 Å². The molecule has 0 atom stereocenters. The predicted molar refractivity (Wildman–Crippen MR) is 84.0 cm³/mol. The van der Waals surface area contributed by atoms with Crippen molar-refractivity contribution in [3.63, 3.8) is 0 Å². The van der Waals surface area contributed by atoms with Gasteiger partial charge in [0.25, 0.3) is 5.56 Å². The third kappa shape index (κ3) is 2.59. The van der Waals surface area contributed by atoms with E-state index in [9.17, 15) is 9.59 Å². The zero-order valence-electron chi connectivity index (χ0n) is 10.7. The van der Waals surface area contributed by atoms with Crippen LogP contribution in [0.15, 0.2) is 46.6 Å². The number of thiophene rings is 1. The summed E-state index contributed by atoms with van der Waals surface area (Å²) in [6, 6.07) is 11.4.